The summed E-state index contributed by atoms with van der Waals surface area (Å²) in [5.74, 6) is 1.23. The van der Waals surface area contributed by atoms with Gasteiger partial charge in [0.15, 0.2) is 5.89 Å². The molecule has 3 nitrogen and oxygen atoms in total. The van der Waals surface area contributed by atoms with E-state index in [-0.39, 0.29) is 11.7 Å². The number of aromatic hydroxyl groups is 1. The minimum absolute atomic E-state index is 0.238. The molecule has 0 aliphatic carbocycles. The zero-order valence-corrected chi connectivity index (χ0v) is 8.77. The molecule has 3 heteroatoms. The quantitative estimate of drug-likeness (QED) is 0.815. The number of rotatable bonds is 2. The fourth-order valence-corrected chi connectivity index (χ4v) is 1.35. The van der Waals surface area contributed by atoms with Gasteiger partial charge in [0.25, 0.3) is 0 Å². The summed E-state index contributed by atoms with van der Waals surface area (Å²) >= 11 is 0. The molecule has 1 N–H and O–H groups in total. The first-order valence-electron chi connectivity index (χ1n) is 4.91. The van der Waals surface area contributed by atoms with Gasteiger partial charge in [-0.25, -0.2) is 4.98 Å². The van der Waals surface area contributed by atoms with E-state index in [4.69, 9.17) is 4.42 Å². The maximum absolute atomic E-state index is 9.33. The minimum Gasteiger partial charge on any atom is -0.508 e. The highest BCUT2D eigenvalue weighted by atomic mass is 16.3. The van der Waals surface area contributed by atoms with Gasteiger partial charge in [0.2, 0.25) is 0 Å². The number of hydrogen-bond acceptors (Lipinski definition) is 3. The number of benzene rings is 1. The molecular formula is C12H13NO2. The van der Waals surface area contributed by atoms with E-state index in [1.165, 1.54) is 0 Å². The summed E-state index contributed by atoms with van der Waals surface area (Å²) in [5, 5.41) is 9.33. The Labute approximate surface area is 88.4 Å². The molecular weight excluding hydrogens is 190 g/mol. The van der Waals surface area contributed by atoms with E-state index in [2.05, 4.69) is 4.98 Å². The smallest absolute Gasteiger partial charge is 0.197 e. The van der Waals surface area contributed by atoms with Crippen molar-refractivity contribution in [2.45, 2.75) is 19.8 Å². The molecule has 78 valence electrons. The lowest BCUT2D eigenvalue weighted by Crippen LogP contribution is -1.86. The van der Waals surface area contributed by atoms with Crippen LogP contribution in [0.5, 0.6) is 5.75 Å². The third-order valence-electron chi connectivity index (χ3n) is 2.16. The van der Waals surface area contributed by atoms with Crippen molar-refractivity contribution < 1.29 is 9.52 Å². The van der Waals surface area contributed by atoms with Crippen LogP contribution in [0.15, 0.2) is 34.9 Å². The van der Waals surface area contributed by atoms with Crippen molar-refractivity contribution >= 4 is 0 Å². The molecule has 1 heterocycles. The summed E-state index contributed by atoms with van der Waals surface area (Å²) in [4.78, 5) is 4.34. The molecule has 0 aliphatic heterocycles. The van der Waals surface area contributed by atoms with Gasteiger partial charge in [0.05, 0.1) is 0 Å². The van der Waals surface area contributed by atoms with Gasteiger partial charge in [-0.05, 0) is 12.1 Å². The van der Waals surface area contributed by atoms with Crippen molar-refractivity contribution in [3.63, 3.8) is 0 Å². The Balaban J connectivity index is 2.37. The highest BCUT2D eigenvalue weighted by molar-refractivity contribution is 5.59. The molecule has 0 spiro atoms. The van der Waals surface area contributed by atoms with Gasteiger partial charge in [0.1, 0.15) is 17.7 Å². The molecule has 1 aromatic carbocycles. The average molecular weight is 203 g/mol. The Kier molecular flexibility index (Phi) is 2.46. The lowest BCUT2D eigenvalue weighted by Gasteiger charge is -1.97. The van der Waals surface area contributed by atoms with Crippen LogP contribution in [0.3, 0.4) is 0 Å². The Morgan fingerprint density at radius 3 is 2.73 bits per heavy atom. The molecule has 0 fully saturated rings. The van der Waals surface area contributed by atoms with E-state index in [1.54, 1.807) is 24.5 Å². The standard InChI is InChI=1S/C12H13NO2/c1-8(2)12-13-11(7-15-12)9-4-3-5-10(14)6-9/h3-8,14H,1-2H3. The van der Waals surface area contributed by atoms with Crippen molar-refractivity contribution in [3.05, 3.63) is 36.4 Å². The Hall–Kier alpha value is -1.77. The molecule has 2 aromatic rings. The monoisotopic (exact) mass is 203 g/mol. The van der Waals surface area contributed by atoms with Crippen LogP contribution in [-0.2, 0) is 0 Å². The summed E-state index contributed by atoms with van der Waals surface area (Å²) in [7, 11) is 0. The number of phenolic OH excluding ortho intramolecular Hbond substituents is 1. The van der Waals surface area contributed by atoms with Crippen LogP contribution >= 0.6 is 0 Å². The molecule has 0 amide bonds. The summed E-state index contributed by atoms with van der Waals surface area (Å²) in [6.45, 7) is 4.05. The zero-order chi connectivity index (χ0) is 10.8. The number of phenols is 1. The minimum atomic E-state index is 0.238. The van der Waals surface area contributed by atoms with Crippen LogP contribution in [0, 0.1) is 0 Å². The van der Waals surface area contributed by atoms with Gasteiger partial charge >= 0.3 is 0 Å². The number of aromatic nitrogens is 1. The van der Waals surface area contributed by atoms with E-state index in [9.17, 15) is 5.11 Å². The second-order valence-electron chi connectivity index (χ2n) is 3.78. The van der Waals surface area contributed by atoms with E-state index < -0.39 is 0 Å². The zero-order valence-electron chi connectivity index (χ0n) is 8.77. The first-order valence-corrected chi connectivity index (χ1v) is 4.91. The summed E-state index contributed by atoms with van der Waals surface area (Å²) in [5.41, 5.74) is 1.63. The normalized spacial score (nSPS) is 10.9. The van der Waals surface area contributed by atoms with E-state index >= 15 is 0 Å². The van der Waals surface area contributed by atoms with Crippen molar-refractivity contribution in [1.29, 1.82) is 0 Å². The number of nitrogens with zero attached hydrogens (tertiary/aromatic N) is 1. The largest absolute Gasteiger partial charge is 0.508 e. The molecule has 0 saturated heterocycles. The van der Waals surface area contributed by atoms with Crippen molar-refractivity contribution in [2.75, 3.05) is 0 Å². The molecule has 0 unspecified atom stereocenters. The lowest BCUT2D eigenvalue weighted by molar-refractivity contribution is 0.471. The first kappa shape index (κ1) is 9.77. The van der Waals surface area contributed by atoms with Crippen LogP contribution in [0.4, 0.5) is 0 Å². The fraction of sp³-hybridized carbons (Fsp3) is 0.250. The van der Waals surface area contributed by atoms with Crippen LogP contribution in [-0.4, -0.2) is 10.1 Å². The predicted molar refractivity (Wildman–Crippen MR) is 57.7 cm³/mol. The molecule has 15 heavy (non-hydrogen) atoms. The maximum Gasteiger partial charge on any atom is 0.197 e. The average Bonchev–Trinajstić information content (AvgIpc) is 2.66. The van der Waals surface area contributed by atoms with E-state index in [0.717, 1.165) is 11.3 Å². The molecule has 0 saturated carbocycles. The van der Waals surface area contributed by atoms with Crippen LogP contribution in [0.25, 0.3) is 11.3 Å². The van der Waals surface area contributed by atoms with Crippen molar-refractivity contribution in [2.24, 2.45) is 0 Å². The first-order chi connectivity index (χ1) is 7.16. The Bertz CT molecular complexity index is 460. The lowest BCUT2D eigenvalue weighted by atomic mass is 10.1. The van der Waals surface area contributed by atoms with E-state index in [1.807, 2.05) is 19.9 Å². The summed E-state index contributed by atoms with van der Waals surface area (Å²) < 4.78 is 5.33. The van der Waals surface area contributed by atoms with Gasteiger partial charge in [0, 0.05) is 11.5 Å². The van der Waals surface area contributed by atoms with Gasteiger partial charge in [-0.2, -0.15) is 0 Å². The second kappa shape index (κ2) is 3.77. The SMILES string of the molecule is CC(C)c1nc(-c2cccc(O)c2)co1. The summed E-state index contributed by atoms with van der Waals surface area (Å²) in [6, 6.07) is 6.98. The molecule has 1 aromatic heterocycles. The van der Waals surface area contributed by atoms with Gasteiger partial charge in [-0.15, -0.1) is 0 Å². The third kappa shape index (κ3) is 2.01. The fourth-order valence-electron chi connectivity index (χ4n) is 1.35. The Morgan fingerprint density at radius 1 is 1.33 bits per heavy atom. The maximum atomic E-state index is 9.33. The summed E-state index contributed by atoms with van der Waals surface area (Å²) in [6.07, 6.45) is 1.62. The molecule has 0 atom stereocenters. The number of oxazole rings is 1. The predicted octanol–water partition coefficient (Wildman–Crippen LogP) is 3.17. The van der Waals surface area contributed by atoms with Crippen molar-refractivity contribution in [1.82, 2.24) is 4.98 Å². The molecule has 0 bridgehead atoms. The van der Waals surface area contributed by atoms with Gasteiger partial charge in [-0.1, -0.05) is 26.0 Å². The topological polar surface area (TPSA) is 46.3 Å². The van der Waals surface area contributed by atoms with Crippen LogP contribution in [0.1, 0.15) is 25.7 Å². The Morgan fingerprint density at radius 2 is 2.13 bits per heavy atom. The van der Waals surface area contributed by atoms with Gasteiger partial charge < -0.3 is 9.52 Å². The van der Waals surface area contributed by atoms with Crippen LogP contribution < -0.4 is 0 Å². The molecule has 2 rings (SSSR count). The molecule has 0 aliphatic rings. The van der Waals surface area contributed by atoms with Crippen LogP contribution in [0.2, 0.25) is 0 Å². The number of hydrogen-bond donors (Lipinski definition) is 1. The second-order valence-corrected chi connectivity index (χ2v) is 3.78. The highest BCUT2D eigenvalue weighted by Gasteiger charge is 2.09. The highest BCUT2D eigenvalue weighted by Crippen LogP contribution is 2.24. The van der Waals surface area contributed by atoms with E-state index in [0.29, 0.717) is 5.89 Å². The van der Waals surface area contributed by atoms with Crippen molar-refractivity contribution in [3.8, 4) is 17.0 Å². The third-order valence-corrected chi connectivity index (χ3v) is 2.16. The van der Waals surface area contributed by atoms with Gasteiger partial charge in [-0.3, -0.25) is 0 Å². The molecule has 0 radical (unpaired) electrons.